The second kappa shape index (κ2) is 5.39. The van der Waals surface area contributed by atoms with Crippen LogP contribution < -0.4 is 5.46 Å². The van der Waals surface area contributed by atoms with Gasteiger partial charge in [0.1, 0.15) is 5.58 Å². The highest BCUT2D eigenvalue weighted by atomic mass is 16.7. The Labute approximate surface area is 136 Å². The van der Waals surface area contributed by atoms with Crippen molar-refractivity contribution in [1.82, 2.24) is 0 Å². The summed E-state index contributed by atoms with van der Waals surface area (Å²) in [6.45, 7) is 8.08. The first kappa shape index (κ1) is 16.1. The summed E-state index contributed by atoms with van der Waals surface area (Å²) in [6, 6.07) is 5.77. The van der Waals surface area contributed by atoms with Crippen molar-refractivity contribution in [3.05, 3.63) is 30.0 Å². The second-order valence-corrected chi connectivity index (χ2v) is 6.86. The highest BCUT2D eigenvalue weighted by molar-refractivity contribution is 6.62. The van der Waals surface area contributed by atoms with Crippen molar-refractivity contribution in [2.45, 2.75) is 45.3 Å². The highest BCUT2D eigenvalue weighted by Gasteiger charge is 2.51. The van der Waals surface area contributed by atoms with Gasteiger partial charge in [0.25, 0.3) is 0 Å². The molecule has 5 nitrogen and oxygen atoms in total. The Bertz CT molecular complexity index is 731. The summed E-state index contributed by atoms with van der Waals surface area (Å²) < 4.78 is 22.4. The Morgan fingerprint density at radius 1 is 1.17 bits per heavy atom. The molecule has 0 radical (unpaired) electrons. The zero-order valence-electron chi connectivity index (χ0n) is 14.1. The monoisotopic (exact) mass is 316 g/mol. The van der Waals surface area contributed by atoms with Crippen LogP contribution in [0.25, 0.3) is 11.0 Å². The molecule has 3 rings (SSSR count). The lowest BCUT2D eigenvalue weighted by molar-refractivity contribution is -0.139. The maximum absolute atomic E-state index is 11.4. The fourth-order valence-electron chi connectivity index (χ4n) is 2.59. The number of fused-ring (bicyclic) bond motifs is 1. The van der Waals surface area contributed by atoms with Gasteiger partial charge in [-0.3, -0.25) is 4.79 Å². The minimum atomic E-state index is -0.432. The Hall–Kier alpha value is -1.79. The number of carbonyl (C=O) groups is 1. The van der Waals surface area contributed by atoms with Gasteiger partial charge >= 0.3 is 13.1 Å². The van der Waals surface area contributed by atoms with Crippen LogP contribution in [0.1, 0.15) is 33.3 Å². The SMILES string of the molecule is COC(=O)Cc1coc2cc(B3OC(C)(C)C(C)(C)O3)ccc12. The van der Waals surface area contributed by atoms with Gasteiger partial charge in [-0.25, -0.2) is 0 Å². The van der Waals surface area contributed by atoms with Crippen molar-refractivity contribution in [3.8, 4) is 0 Å². The highest BCUT2D eigenvalue weighted by Crippen LogP contribution is 2.36. The third-order valence-electron chi connectivity index (χ3n) is 4.77. The van der Waals surface area contributed by atoms with Crippen LogP contribution in [-0.2, 0) is 25.3 Å². The van der Waals surface area contributed by atoms with Crippen LogP contribution in [-0.4, -0.2) is 31.4 Å². The summed E-state index contributed by atoms with van der Waals surface area (Å²) in [5.74, 6) is -0.289. The van der Waals surface area contributed by atoms with Crippen LogP contribution in [0.5, 0.6) is 0 Å². The molecule has 0 spiro atoms. The molecule has 0 aliphatic carbocycles. The van der Waals surface area contributed by atoms with E-state index in [1.165, 1.54) is 7.11 Å². The smallest absolute Gasteiger partial charge is 0.469 e. The molecule has 1 aromatic heterocycles. The molecule has 6 heteroatoms. The van der Waals surface area contributed by atoms with E-state index in [1.807, 2.05) is 45.9 Å². The first-order chi connectivity index (χ1) is 10.7. The molecule has 1 aliphatic rings. The van der Waals surface area contributed by atoms with Gasteiger partial charge in [-0.15, -0.1) is 0 Å². The molecule has 0 amide bonds. The molecule has 0 unspecified atom stereocenters. The number of hydrogen-bond donors (Lipinski definition) is 0. The van der Waals surface area contributed by atoms with Crippen molar-refractivity contribution < 1.29 is 23.3 Å². The fourth-order valence-corrected chi connectivity index (χ4v) is 2.59. The number of methoxy groups -OCH3 is 1. The lowest BCUT2D eigenvalue weighted by atomic mass is 9.79. The number of carbonyl (C=O) groups excluding carboxylic acids is 1. The molecule has 0 bridgehead atoms. The Kier molecular flexibility index (Phi) is 3.77. The maximum Gasteiger partial charge on any atom is 0.494 e. The normalized spacial score (nSPS) is 19.3. The molecule has 1 saturated heterocycles. The summed E-state index contributed by atoms with van der Waals surface area (Å²) in [7, 11) is 0.944. The summed E-state index contributed by atoms with van der Waals surface area (Å²) >= 11 is 0. The number of esters is 1. The number of furan rings is 1. The van der Waals surface area contributed by atoms with E-state index >= 15 is 0 Å². The van der Waals surface area contributed by atoms with E-state index in [9.17, 15) is 4.79 Å². The van der Waals surface area contributed by atoms with Gasteiger partial charge in [-0.1, -0.05) is 12.1 Å². The number of rotatable bonds is 3. The van der Waals surface area contributed by atoms with E-state index in [4.69, 9.17) is 18.5 Å². The largest absolute Gasteiger partial charge is 0.494 e. The number of hydrogen-bond acceptors (Lipinski definition) is 5. The van der Waals surface area contributed by atoms with Gasteiger partial charge in [0, 0.05) is 10.9 Å². The second-order valence-electron chi connectivity index (χ2n) is 6.86. The molecular formula is C17H21BO5. The molecule has 0 atom stereocenters. The molecule has 0 saturated carbocycles. The van der Waals surface area contributed by atoms with Gasteiger partial charge in [0.05, 0.1) is 31.0 Å². The first-order valence-electron chi connectivity index (χ1n) is 7.66. The number of benzene rings is 1. The molecule has 122 valence electrons. The minimum Gasteiger partial charge on any atom is -0.469 e. The average Bonchev–Trinajstić information content (AvgIpc) is 2.97. The van der Waals surface area contributed by atoms with Gasteiger partial charge < -0.3 is 18.5 Å². The molecule has 1 aliphatic heterocycles. The quantitative estimate of drug-likeness (QED) is 0.643. The molecule has 2 heterocycles. The summed E-state index contributed by atoms with van der Waals surface area (Å²) in [4.78, 5) is 11.4. The van der Waals surface area contributed by atoms with Gasteiger partial charge in [0.15, 0.2) is 0 Å². The fraction of sp³-hybridized carbons (Fsp3) is 0.471. The number of ether oxygens (including phenoxy) is 1. The molecule has 2 aromatic rings. The van der Waals surface area contributed by atoms with Crippen LogP contribution in [0.15, 0.2) is 28.9 Å². The summed E-state index contributed by atoms with van der Waals surface area (Å²) in [5, 5.41) is 0.899. The topological polar surface area (TPSA) is 57.9 Å². The van der Waals surface area contributed by atoms with Crippen LogP contribution in [0.3, 0.4) is 0 Å². The Morgan fingerprint density at radius 3 is 2.43 bits per heavy atom. The van der Waals surface area contributed by atoms with Gasteiger partial charge in [-0.2, -0.15) is 0 Å². The van der Waals surface area contributed by atoms with E-state index in [2.05, 4.69) is 0 Å². The van der Waals surface area contributed by atoms with Crippen molar-refractivity contribution >= 4 is 29.5 Å². The molecule has 0 N–H and O–H groups in total. The Morgan fingerprint density at radius 2 is 1.83 bits per heavy atom. The first-order valence-corrected chi connectivity index (χ1v) is 7.66. The molecular weight excluding hydrogens is 295 g/mol. The lowest BCUT2D eigenvalue weighted by Gasteiger charge is -2.32. The predicted octanol–water partition coefficient (Wildman–Crippen LogP) is 2.45. The van der Waals surface area contributed by atoms with Crippen molar-refractivity contribution in [3.63, 3.8) is 0 Å². The van der Waals surface area contributed by atoms with E-state index in [-0.39, 0.29) is 23.6 Å². The lowest BCUT2D eigenvalue weighted by Crippen LogP contribution is -2.41. The third kappa shape index (κ3) is 2.77. The van der Waals surface area contributed by atoms with Crippen LogP contribution in [0.2, 0.25) is 0 Å². The van der Waals surface area contributed by atoms with Crippen LogP contribution >= 0.6 is 0 Å². The maximum atomic E-state index is 11.4. The van der Waals surface area contributed by atoms with Crippen molar-refractivity contribution in [2.75, 3.05) is 7.11 Å². The minimum absolute atomic E-state index is 0.194. The molecule has 1 fully saturated rings. The van der Waals surface area contributed by atoms with E-state index in [0.29, 0.717) is 5.58 Å². The molecule has 23 heavy (non-hydrogen) atoms. The van der Waals surface area contributed by atoms with E-state index < -0.39 is 7.12 Å². The average molecular weight is 316 g/mol. The van der Waals surface area contributed by atoms with Crippen LogP contribution in [0, 0.1) is 0 Å². The van der Waals surface area contributed by atoms with Gasteiger partial charge in [0.2, 0.25) is 0 Å². The van der Waals surface area contributed by atoms with Crippen molar-refractivity contribution in [1.29, 1.82) is 0 Å². The van der Waals surface area contributed by atoms with Gasteiger partial charge in [-0.05, 0) is 39.2 Å². The third-order valence-corrected chi connectivity index (χ3v) is 4.77. The van der Waals surface area contributed by atoms with Crippen LogP contribution in [0.4, 0.5) is 0 Å². The zero-order valence-corrected chi connectivity index (χ0v) is 14.1. The predicted molar refractivity (Wildman–Crippen MR) is 87.7 cm³/mol. The summed E-state index contributed by atoms with van der Waals surface area (Å²) in [5.41, 5.74) is 1.65. The zero-order chi connectivity index (χ0) is 16.8. The van der Waals surface area contributed by atoms with Crippen molar-refractivity contribution in [2.24, 2.45) is 0 Å². The van der Waals surface area contributed by atoms with E-state index in [1.54, 1.807) is 6.26 Å². The molecule has 1 aromatic carbocycles. The van der Waals surface area contributed by atoms with E-state index in [0.717, 1.165) is 16.4 Å². The Balaban J connectivity index is 1.89. The summed E-state index contributed by atoms with van der Waals surface area (Å²) in [6.07, 6.45) is 1.79. The standard InChI is InChI=1S/C17H21BO5/c1-16(2)17(3,4)23-18(22-16)12-6-7-13-11(8-15(19)20-5)10-21-14(13)9-12/h6-7,9-10H,8H2,1-5H3.